The van der Waals surface area contributed by atoms with Crippen LogP contribution < -0.4 is 37.2 Å². The third-order valence-electron chi connectivity index (χ3n) is 14.6. The second kappa shape index (κ2) is 51.4. The molecule has 15 unspecified atom stereocenters. The van der Waals surface area contributed by atoms with Gasteiger partial charge in [0, 0.05) is 73.2 Å². The third kappa shape index (κ3) is 35.3. The summed E-state index contributed by atoms with van der Waals surface area (Å²) in [4.78, 5) is 86.7. The Labute approximate surface area is 568 Å². The maximum Gasteiger partial charge on any atom is 0.222 e. The average molecular weight is 1430 g/mol. The molecule has 0 aromatic rings. The topological polar surface area (TPSA) is 533 Å². The molecule has 3 aliphatic rings. The highest BCUT2D eigenvalue weighted by molar-refractivity contribution is 5.78. The number of amides is 7. The zero-order valence-electron chi connectivity index (χ0n) is 56.2. The molecule has 98 heavy (non-hydrogen) atoms. The molecule has 0 aromatic heterocycles. The van der Waals surface area contributed by atoms with Crippen molar-refractivity contribution in [3.8, 4) is 0 Å². The quantitative estimate of drug-likeness (QED) is 0.0252. The molecule has 3 heterocycles. The normalized spacial score (nSPS) is 26.2. The number of rotatable bonds is 55. The molecule has 0 spiro atoms. The van der Waals surface area contributed by atoms with Crippen molar-refractivity contribution in [1.29, 1.82) is 0 Å². The Kier molecular flexibility index (Phi) is 45.9. The number of carbonyl (C=O) groups is 7. The summed E-state index contributed by atoms with van der Waals surface area (Å²) in [6.07, 6.45) is -16.0. The fraction of sp³-hybridized carbons (Fsp3) is 0.881. The molecule has 16 N–H and O–H groups in total. The van der Waals surface area contributed by atoms with E-state index in [0.717, 1.165) is 0 Å². The first-order valence-corrected chi connectivity index (χ1v) is 32.4. The Morgan fingerprint density at radius 1 is 0.347 bits per heavy atom. The van der Waals surface area contributed by atoms with Crippen molar-refractivity contribution < 1.29 is 155 Å². The van der Waals surface area contributed by atoms with E-state index in [0.29, 0.717) is 0 Å². The Morgan fingerprint density at radius 2 is 0.612 bits per heavy atom. The lowest BCUT2D eigenvalue weighted by Gasteiger charge is -2.42. The third-order valence-corrected chi connectivity index (χ3v) is 14.6. The van der Waals surface area contributed by atoms with Gasteiger partial charge >= 0.3 is 0 Å². The van der Waals surface area contributed by atoms with Gasteiger partial charge in [-0.05, 0) is 0 Å². The fourth-order valence-corrected chi connectivity index (χ4v) is 9.61. The Balaban J connectivity index is 1.43. The monoisotopic (exact) mass is 1430 g/mol. The minimum atomic E-state index is -1.46. The summed E-state index contributed by atoms with van der Waals surface area (Å²) in [5, 5.41) is 109. The van der Waals surface area contributed by atoms with E-state index in [1.807, 2.05) is 0 Å². The van der Waals surface area contributed by atoms with E-state index in [9.17, 15) is 79.5 Å². The molecule has 3 aliphatic heterocycles. The SMILES string of the molecule is COCCC(=O)NC(COCCC(=O)NCCOCCOCCOC1OC(CO)C(O)C(O)C1NC(C)=O)(COCCC(=O)NCCOCCOCCOC1OC(CO)C(O)C(O)C1NC(C)=O)COCCC(=O)NCCOCCOCCOC1OC(CO)C(O)C(O)C1NC(C)=O. The van der Waals surface area contributed by atoms with Crippen molar-refractivity contribution >= 4 is 41.4 Å². The van der Waals surface area contributed by atoms with Gasteiger partial charge in [-0.25, -0.2) is 0 Å². The van der Waals surface area contributed by atoms with Gasteiger partial charge in [-0.15, -0.1) is 0 Å². The van der Waals surface area contributed by atoms with Crippen molar-refractivity contribution in [3.05, 3.63) is 0 Å². The molecule has 0 saturated carbocycles. The fourth-order valence-electron chi connectivity index (χ4n) is 9.61. The van der Waals surface area contributed by atoms with Gasteiger partial charge in [0.1, 0.15) is 78.6 Å². The first-order chi connectivity index (χ1) is 47.1. The van der Waals surface area contributed by atoms with Crippen LogP contribution in [0.1, 0.15) is 46.5 Å². The van der Waals surface area contributed by atoms with Gasteiger partial charge < -0.3 is 159 Å². The van der Waals surface area contributed by atoms with E-state index in [4.69, 9.17) is 75.8 Å². The Hall–Kier alpha value is -4.71. The maximum atomic E-state index is 13.3. The second-order valence-electron chi connectivity index (χ2n) is 22.6. The van der Waals surface area contributed by atoms with Gasteiger partial charge in [-0.2, -0.15) is 0 Å². The average Bonchev–Trinajstić information content (AvgIpc) is 0.834. The summed E-state index contributed by atoms with van der Waals surface area (Å²) < 4.78 is 89.5. The summed E-state index contributed by atoms with van der Waals surface area (Å²) in [6, 6.07) is -3.28. The van der Waals surface area contributed by atoms with Crippen molar-refractivity contribution in [1.82, 2.24) is 37.2 Å². The minimum absolute atomic E-state index is 0.0272. The molecule has 3 rings (SSSR count). The Morgan fingerprint density at radius 3 is 0.878 bits per heavy atom. The van der Waals surface area contributed by atoms with Gasteiger partial charge in [0.25, 0.3) is 0 Å². The standard InChI is InChI=1S/C59H107N7O32/c1-37(70)63-47-53(80)50(77)40(31-67)96-56(47)93-28-25-87-22-19-84-16-9-60-43(73)6-13-90-34-59(66-46(76)5-12-83-4,35-91-14-7-44(74)61-10-17-85-20-23-88-26-29-94-57-48(64-38(2)71)54(81)51(78)41(32-68)97-57)36-92-15-8-45(75)62-11-18-86-21-24-89-27-30-95-58-49(65-39(3)72)55(82)52(79)42(33-69)98-58/h40-42,47-58,67-69,77-82H,5-36H2,1-4H3,(H,60,73)(H,61,74)(H,62,75)(H,63,70)(H,64,71)(H,65,72)(H,66,76). The number of hydrogen-bond acceptors (Lipinski definition) is 32. The molecular weight excluding hydrogens is 1320 g/mol. The molecule has 15 atom stereocenters. The van der Waals surface area contributed by atoms with Crippen molar-refractivity contribution in [2.24, 2.45) is 0 Å². The largest absolute Gasteiger partial charge is 0.394 e. The van der Waals surface area contributed by atoms with Gasteiger partial charge in [0.2, 0.25) is 41.4 Å². The summed E-state index contributed by atoms with van der Waals surface area (Å²) in [5.74, 6) is -3.08. The molecule has 39 nitrogen and oxygen atoms in total. The van der Waals surface area contributed by atoms with E-state index in [1.54, 1.807) is 0 Å². The predicted molar refractivity (Wildman–Crippen MR) is 332 cm³/mol. The van der Waals surface area contributed by atoms with Gasteiger partial charge in [-0.3, -0.25) is 33.6 Å². The van der Waals surface area contributed by atoms with E-state index >= 15 is 0 Å². The maximum absolute atomic E-state index is 13.3. The molecule has 3 fully saturated rings. The lowest BCUT2D eigenvalue weighted by atomic mass is 9.97. The highest BCUT2D eigenvalue weighted by Gasteiger charge is 2.48. The lowest BCUT2D eigenvalue weighted by Crippen LogP contribution is -2.64. The number of aliphatic hydroxyl groups is 9. The zero-order valence-corrected chi connectivity index (χ0v) is 56.2. The predicted octanol–water partition coefficient (Wildman–Crippen LogP) is -9.57. The van der Waals surface area contributed by atoms with E-state index < -0.39 is 141 Å². The van der Waals surface area contributed by atoms with Crippen LogP contribution >= 0.6 is 0 Å². The molecule has 0 aliphatic carbocycles. The van der Waals surface area contributed by atoms with Crippen LogP contribution in [-0.2, 0) is 109 Å². The van der Waals surface area contributed by atoms with Gasteiger partial charge in [-0.1, -0.05) is 0 Å². The first kappa shape index (κ1) is 87.5. The van der Waals surface area contributed by atoms with Crippen LogP contribution in [0.2, 0.25) is 0 Å². The number of carbonyl (C=O) groups excluding carboxylic acids is 7. The van der Waals surface area contributed by atoms with Crippen LogP contribution in [0, 0.1) is 0 Å². The number of methoxy groups -OCH3 is 1. The minimum Gasteiger partial charge on any atom is -0.394 e. The Bertz CT molecular complexity index is 2010. The van der Waals surface area contributed by atoms with E-state index in [-0.39, 0.29) is 208 Å². The van der Waals surface area contributed by atoms with Crippen molar-refractivity contribution in [3.63, 3.8) is 0 Å². The van der Waals surface area contributed by atoms with Crippen molar-refractivity contribution in [2.75, 3.05) is 192 Å². The molecule has 39 heteroatoms. The second-order valence-corrected chi connectivity index (χ2v) is 22.6. The molecule has 0 radical (unpaired) electrons. The lowest BCUT2D eigenvalue weighted by molar-refractivity contribution is -0.272. The molecule has 0 aromatic carbocycles. The van der Waals surface area contributed by atoms with Crippen LogP contribution in [0.15, 0.2) is 0 Å². The first-order valence-electron chi connectivity index (χ1n) is 32.4. The summed E-state index contributed by atoms with van der Waals surface area (Å²) in [7, 11) is 1.42. The number of hydrogen-bond donors (Lipinski definition) is 16. The van der Waals surface area contributed by atoms with Crippen LogP contribution in [0.5, 0.6) is 0 Å². The smallest absolute Gasteiger partial charge is 0.222 e. The van der Waals surface area contributed by atoms with Crippen LogP contribution in [0.4, 0.5) is 0 Å². The number of nitrogens with one attached hydrogen (secondary N) is 7. The summed E-state index contributed by atoms with van der Waals surface area (Å²) in [6.45, 7) is 2.74. The number of aliphatic hydroxyl groups excluding tert-OH is 9. The summed E-state index contributed by atoms with van der Waals surface area (Å²) in [5.41, 5.74) is -1.41. The van der Waals surface area contributed by atoms with Gasteiger partial charge in [0.15, 0.2) is 18.9 Å². The number of ether oxygens (including phenoxy) is 16. The van der Waals surface area contributed by atoms with E-state index in [2.05, 4.69) is 37.2 Å². The van der Waals surface area contributed by atoms with Crippen LogP contribution in [0.25, 0.3) is 0 Å². The molecule has 0 bridgehead atoms. The van der Waals surface area contributed by atoms with Gasteiger partial charge in [0.05, 0.1) is 165 Å². The van der Waals surface area contributed by atoms with Crippen LogP contribution in [0.3, 0.4) is 0 Å². The zero-order chi connectivity index (χ0) is 72.1. The van der Waals surface area contributed by atoms with Crippen LogP contribution in [-0.4, -0.2) is 377 Å². The highest BCUT2D eigenvalue weighted by atomic mass is 16.7. The van der Waals surface area contributed by atoms with E-state index in [1.165, 1.54) is 27.9 Å². The molecule has 7 amide bonds. The summed E-state index contributed by atoms with van der Waals surface area (Å²) >= 11 is 0. The molecule has 570 valence electrons. The molecular formula is C59H107N7O32. The van der Waals surface area contributed by atoms with Crippen molar-refractivity contribution in [2.45, 2.75) is 144 Å². The molecule has 3 saturated heterocycles. The highest BCUT2D eigenvalue weighted by Crippen LogP contribution is 2.25.